The van der Waals surface area contributed by atoms with Crippen LogP contribution in [0, 0.1) is 6.92 Å². The molecule has 0 radical (unpaired) electrons. The molecule has 2 N–H and O–H groups in total. The summed E-state index contributed by atoms with van der Waals surface area (Å²) in [6.45, 7) is 6.49. The number of aromatic nitrogens is 5. The largest absolute Gasteiger partial charge is 0.377 e. The molecule has 1 saturated heterocycles. The Hall–Kier alpha value is -3.71. The van der Waals surface area contributed by atoms with Gasteiger partial charge in [0, 0.05) is 36.0 Å². The van der Waals surface area contributed by atoms with E-state index in [0.29, 0.717) is 13.2 Å². The Labute approximate surface area is 185 Å². The van der Waals surface area contributed by atoms with Gasteiger partial charge in [-0.2, -0.15) is 5.10 Å². The molecule has 0 spiro atoms. The molecule has 5 heterocycles. The second-order valence-electron chi connectivity index (χ2n) is 8.41. The van der Waals surface area contributed by atoms with E-state index < -0.39 is 0 Å². The van der Waals surface area contributed by atoms with Crippen LogP contribution in [-0.2, 0) is 4.74 Å². The highest BCUT2D eigenvalue weighted by Crippen LogP contribution is 2.38. The Bertz CT molecular complexity index is 1420. The summed E-state index contributed by atoms with van der Waals surface area (Å²) in [6.07, 6.45) is 5.65. The zero-order valence-electron chi connectivity index (χ0n) is 18.1. The number of benzene rings is 1. The van der Waals surface area contributed by atoms with Gasteiger partial charge in [0.05, 0.1) is 24.9 Å². The summed E-state index contributed by atoms with van der Waals surface area (Å²) in [5.74, 6) is 0.947. The molecule has 1 aliphatic rings. The molecule has 5 aromatic rings. The van der Waals surface area contributed by atoms with Gasteiger partial charge >= 0.3 is 0 Å². The van der Waals surface area contributed by atoms with Gasteiger partial charge in [-0.05, 0) is 60.2 Å². The zero-order chi connectivity index (χ0) is 21.7. The van der Waals surface area contributed by atoms with Gasteiger partial charge in [0.2, 0.25) is 0 Å². The number of nitrogens with one attached hydrogen (secondary N) is 2. The van der Waals surface area contributed by atoms with Crippen molar-refractivity contribution < 1.29 is 4.74 Å². The van der Waals surface area contributed by atoms with E-state index >= 15 is 0 Å². The topological polar surface area (TPSA) is 82.7 Å². The maximum atomic E-state index is 5.68. The third-order valence-electron chi connectivity index (χ3n) is 6.30. The number of ether oxygens (including phenoxy) is 1. The van der Waals surface area contributed by atoms with Gasteiger partial charge in [0.25, 0.3) is 0 Å². The lowest BCUT2D eigenvalue weighted by atomic mass is 9.96. The summed E-state index contributed by atoms with van der Waals surface area (Å²) < 4.78 is 5.68. The SMILES string of the molecule is Cc1cnc(-c2ccn[nH]2)c2nc(N3CCOC[C@H]3C)cc(-c3ccc4cc[nH]c4c3)c12. The van der Waals surface area contributed by atoms with Gasteiger partial charge in [-0.25, -0.2) is 4.98 Å². The average Bonchev–Trinajstić information content (AvgIpc) is 3.51. The molecule has 0 saturated carbocycles. The maximum absolute atomic E-state index is 5.68. The van der Waals surface area contributed by atoms with Crippen LogP contribution in [0.3, 0.4) is 0 Å². The van der Waals surface area contributed by atoms with Crippen molar-refractivity contribution in [2.24, 2.45) is 0 Å². The lowest BCUT2D eigenvalue weighted by Crippen LogP contribution is -2.44. The molecule has 1 fully saturated rings. The van der Waals surface area contributed by atoms with Crippen LogP contribution in [-0.4, -0.2) is 50.9 Å². The molecule has 160 valence electrons. The summed E-state index contributed by atoms with van der Waals surface area (Å²) in [6, 6.07) is 13.1. The van der Waals surface area contributed by atoms with Crippen molar-refractivity contribution in [1.29, 1.82) is 0 Å². The fourth-order valence-electron chi connectivity index (χ4n) is 4.63. The first-order chi connectivity index (χ1) is 15.7. The van der Waals surface area contributed by atoms with Crippen molar-refractivity contribution in [2.75, 3.05) is 24.7 Å². The van der Waals surface area contributed by atoms with Crippen LogP contribution in [0.25, 0.3) is 44.3 Å². The van der Waals surface area contributed by atoms with E-state index in [4.69, 9.17) is 14.7 Å². The van der Waals surface area contributed by atoms with Crippen LogP contribution in [0.1, 0.15) is 12.5 Å². The van der Waals surface area contributed by atoms with Crippen LogP contribution >= 0.6 is 0 Å². The lowest BCUT2D eigenvalue weighted by molar-refractivity contribution is 0.0986. The van der Waals surface area contributed by atoms with E-state index in [-0.39, 0.29) is 6.04 Å². The smallest absolute Gasteiger partial charge is 0.130 e. The number of hydrogen-bond donors (Lipinski definition) is 2. The highest BCUT2D eigenvalue weighted by atomic mass is 16.5. The van der Waals surface area contributed by atoms with Gasteiger partial charge < -0.3 is 14.6 Å². The Balaban J connectivity index is 1.66. The van der Waals surface area contributed by atoms with Crippen LogP contribution in [0.15, 0.2) is 55.0 Å². The predicted octanol–water partition coefficient (Wildman–Crippen LogP) is 4.70. The first-order valence-corrected chi connectivity index (χ1v) is 10.9. The molecule has 4 aromatic heterocycles. The molecule has 0 unspecified atom stereocenters. The fraction of sp³-hybridized carbons (Fsp3) is 0.240. The number of fused-ring (bicyclic) bond motifs is 2. The number of nitrogens with zero attached hydrogens (tertiary/aromatic N) is 4. The third kappa shape index (κ3) is 3.05. The Morgan fingerprint density at radius 3 is 2.94 bits per heavy atom. The van der Waals surface area contributed by atoms with Crippen LogP contribution in [0.5, 0.6) is 0 Å². The van der Waals surface area contributed by atoms with E-state index in [1.165, 1.54) is 5.39 Å². The normalized spacial score (nSPS) is 16.8. The summed E-state index contributed by atoms with van der Waals surface area (Å²) in [7, 11) is 0. The fourth-order valence-corrected chi connectivity index (χ4v) is 4.63. The van der Waals surface area contributed by atoms with Gasteiger partial charge in [-0.1, -0.05) is 12.1 Å². The van der Waals surface area contributed by atoms with Gasteiger partial charge in [0.15, 0.2) is 0 Å². The second-order valence-corrected chi connectivity index (χ2v) is 8.41. The summed E-state index contributed by atoms with van der Waals surface area (Å²) >= 11 is 0. The number of hydrogen-bond acceptors (Lipinski definition) is 5. The summed E-state index contributed by atoms with van der Waals surface area (Å²) in [5.41, 5.74) is 7.08. The minimum absolute atomic E-state index is 0.251. The highest BCUT2D eigenvalue weighted by Gasteiger charge is 2.24. The second kappa shape index (κ2) is 7.46. The molecular weight excluding hydrogens is 400 g/mol. The van der Waals surface area contributed by atoms with E-state index in [9.17, 15) is 0 Å². The molecule has 6 rings (SSSR count). The van der Waals surface area contributed by atoms with Gasteiger partial charge in [0.1, 0.15) is 17.0 Å². The van der Waals surface area contributed by atoms with E-state index in [0.717, 1.165) is 56.9 Å². The first-order valence-electron chi connectivity index (χ1n) is 10.9. The van der Waals surface area contributed by atoms with Gasteiger partial charge in [-0.15, -0.1) is 0 Å². The summed E-state index contributed by atoms with van der Waals surface area (Å²) in [4.78, 5) is 15.6. The van der Waals surface area contributed by atoms with Crippen molar-refractivity contribution >= 4 is 27.6 Å². The molecule has 0 bridgehead atoms. The number of aromatic amines is 2. The Morgan fingerprint density at radius 2 is 2.09 bits per heavy atom. The van der Waals surface area contributed by atoms with Gasteiger partial charge in [-0.3, -0.25) is 10.1 Å². The first kappa shape index (κ1) is 19.0. The van der Waals surface area contributed by atoms with Crippen LogP contribution in [0.4, 0.5) is 5.82 Å². The van der Waals surface area contributed by atoms with Crippen molar-refractivity contribution in [3.05, 3.63) is 60.6 Å². The van der Waals surface area contributed by atoms with Crippen molar-refractivity contribution in [2.45, 2.75) is 19.9 Å². The van der Waals surface area contributed by atoms with Crippen LogP contribution < -0.4 is 4.90 Å². The summed E-state index contributed by atoms with van der Waals surface area (Å²) in [5, 5.41) is 9.51. The number of H-pyrrole nitrogens is 2. The Kier molecular flexibility index (Phi) is 4.43. The monoisotopic (exact) mass is 424 g/mol. The molecule has 32 heavy (non-hydrogen) atoms. The molecule has 1 aromatic carbocycles. The Morgan fingerprint density at radius 1 is 1.16 bits per heavy atom. The maximum Gasteiger partial charge on any atom is 0.130 e. The lowest BCUT2D eigenvalue weighted by Gasteiger charge is -2.34. The van der Waals surface area contributed by atoms with E-state index in [1.807, 2.05) is 18.5 Å². The number of rotatable bonds is 3. The molecule has 0 aliphatic carbocycles. The van der Waals surface area contributed by atoms with Crippen molar-refractivity contribution in [1.82, 2.24) is 25.1 Å². The van der Waals surface area contributed by atoms with E-state index in [1.54, 1.807) is 6.20 Å². The number of anilines is 1. The molecule has 7 nitrogen and oxygen atoms in total. The number of aryl methyl sites for hydroxylation is 1. The molecular formula is C25H24N6O. The van der Waals surface area contributed by atoms with E-state index in [2.05, 4.69) is 64.3 Å². The molecule has 1 aliphatic heterocycles. The van der Waals surface area contributed by atoms with Crippen molar-refractivity contribution in [3.63, 3.8) is 0 Å². The molecule has 0 amide bonds. The zero-order valence-corrected chi connectivity index (χ0v) is 18.1. The molecule has 7 heteroatoms. The average molecular weight is 425 g/mol. The number of morpholine rings is 1. The number of pyridine rings is 2. The standard InChI is InChI=1S/C25H24N6O/c1-15-13-27-24(20-6-8-28-30-20)25-23(15)19(18-4-3-17-5-7-26-21(17)11-18)12-22(29-25)31-9-10-32-14-16(31)2/h3-8,11-13,16,26H,9-10,14H2,1-2H3,(H,28,30)/t16-/m1/s1. The highest BCUT2D eigenvalue weighted by molar-refractivity contribution is 6.04. The third-order valence-corrected chi connectivity index (χ3v) is 6.30. The van der Waals surface area contributed by atoms with Crippen LogP contribution in [0.2, 0.25) is 0 Å². The quantitative estimate of drug-likeness (QED) is 0.439. The minimum atomic E-state index is 0.251. The minimum Gasteiger partial charge on any atom is -0.377 e. The van der Waals surface area contributed by atoms with Crippen molar-refractivity contribution in [3.8, 4) is 22.5 Å². The molecule has 1 atom stereocenters. The predicted molar refractivity (Wildman–Crippen MR) is 127 cm³/mol.